The zero-order valence-electron chi connectivity index (χ0n) is 9.84. The molecule has 0 spiro atoms. The number of amides is 1. The first-order valence-corrected chi connectivity index (χ1v) is 6.27. The maximum absolute atomic E-state index is 10.9. The minimum Gasteiger partial charge on any atom is -0.302 e. The number of carbonyl (C=O) groups excluding carboxylic acids is 2. The van der Waals surface area contributed by atoms with E-state index in [-0.39, 0.29) is 5.91 Å². The molecule has 1 aromatic carbocycles. The number of nitrogens with one attached hydrogen (secondary N) is 1. The zero-order chi connectivity index (χ0) is 13.0. The van der Waals surface area contributed by atoms with Crippen LogP contribution in [0.4, 0.5) is 5.13 Å². The lowest BCUT2D eigenvalue weighted by Gasteiger charge is -1.97. The van der Waals surface area contributed by atoms with E-state index in [1.165, 1.54) is 18.3 Å². The highest BCUT2D eigenvalue weighted by Gasteiger charge is 2.11. The van der Waals surface area contributed by atoms with Crippen LogP contribution in [0.25, 0.3) is 0 Å². The quantitative estimate of drug-likeness (QED) is 0.859. The van der Waals surface area contributed by atoms with E-state index in [9.17, 15) is 9.59 Å². The molecule has 1 amide bonds. The molecule has 0 aliphatic rings. The predicted molar refractivity (Wildman–Crippen MR) is 71.1 cm³/mol. The van der Waals surface area contributed by atoms with E-state index in [0.717, 1.165) is 16.7 Å². The van der Waals surface area contributed by atoms with E-state index >= 15 is 0 Å². The summed E-state index contributed by atoms with van der Waals surface area (Å²) in [6, 6.07) is 9.83. The Morgan fingerprint density at radius 2 is 2.11 bits per heavy atom. The van der Waals surface area contributed by atoms with Gasteiger partial charge in [0.25, 0.3) is 0 Å². The number of thiazole rings is 1. The van der Waals surface area contributed by atoms with E-state index < -0.39 is 0 Å². The lowest BCUT2D eigenvalue weighted by molar-refractivity contribution is -0.114. The van der Waals surface area contributed by atoms with Crippen molar-refractivity contribution in [1.29, 1.82) is 0 Å². The first-order chi connectivity index (χ1) is 8.69. The van der Waals surface area contributed by atoms with Gasteiger partial charge >= 0.3 is 0 Å². The van der Waals surface area contributed by atoms with Crippen LogP contribution in [0.2, 0.25) is 0 Å². The second-order valence-corrected chi connectivity index (χ2v) is 4.87. The molecule has 5 heteroatoms. The number of aromatic nitrogens is 1. The number of hydrogen-bond acceptors (Lipinski definition) is 4. The van der Waals surface area contributed by atoms with Crippen LogP contribution in [0, 0.1) is 0 Å². The number of anilines is 1. The average Bonchev–Trinajstić information content (AvgIpc) is 2.71. The van der Waals surface area contributed by atoms with Crippen LogP contribution in [0.5, 0.6) is 0 Å². The lowest BCUT2D eigenvalue weighted by Crippen LogP contribution is -2.05. The molecule has 0 saturated heterocycles. The van der Waals surface area contributed by atoms with Gasteiger partial charge in [-0.1, -0.05) is 30.3 Å². The Balaban J connectivity index is 2.24. The minimum atomic E-state index is -0.188. The fourth-order valence-corrected chi connectivity index (χ4v) is 2.58. The maximum Gasteiger partial charge on any atom is 0.223 e. The number of benzene rings is 1. The highest BCUT2D eigenvalue weighted by Crippen LogP contribution is 2.24. The minimum absolute atomic E-state index is 0.188. The molecule has 0 bridgehead atoms. The third-order valence-electron chi connectivity index (χ3n) is 2.33. The van der Waals surface area contributed by atoms with Gasteiger partial charge in [0.15, 0.2) is 11.4 Å². The highest BCUT2D eigenvalue weighted by atomic mass is 32.1. The van der Waals surface area contributed by atoms with Gasteiger partial charge in [-0.2, -0.15) is 0 Å². The second kappa shape index (κ2) is 5.55. The molecular formula is C13H12N2O2S. The molecule has 18 heavy (non-hydrogen) atoms. The normalized spacial score (nSPS) is 10.1. The predicted octanol–water partition coefficient (Wildman–Crippen LogP) is 2.50. The van der Waals surface area contributed by atoms with Crippen molar-refractivity contribution in [2.24, 2.45) is 0 Å². The van der Waals surface area contributed by atoms with Crippen LogP contribution in [0.15, 0.2) is 30.3 Å². The molecule has 0 radical (unpaired) electrons. The van der Waals surface area contributed by atoms with Crippen molar-refractivity contribution in [2.75, 3.05) is 5.32 Å². The highest BCUT2D eigenvalue weighted by molar-refractivity contribution is 7.16. The zero-order valence-corrected chi connectivity index (χ0v) is 10.7. The summed E-state index contributed by atoms with van der Waals surface area (Å²) in [5.41, 5.74) is 1.51. The van der Waals surface area contributed by atoms with Gasteiger partial charge in [0.2, 0.25) is 5.91 Å². The Bertz CT molecular complexity index is 564. The number of nitrogens with zero attached hydrogens (tertiary/aromatic N) is 1. The van der Waals surface area contributed by atoms with Crippen LogP contribution in [-0.4, -0.2) is 17.2 Å². The molecule has 0 fully saturated rings. The summed E-state index contributed by atoms with van der Waals surface area (Å²) >= 11 is 1.33. The maximum atomic E-state index is 10.9. The van der Waals surface area contributed by atoms with Crippen LogP contribution in [-0.2, 0) is 11.2 Å². The molecule has 2 rings (SSSR count). The molecule has 2 aromatic rings. The van der Waals surface area contributed by atoms with Crippen molar-refractivity contribution in [1.82, 2.24) is 4.98 Å². The number of rotatable bonds is 4. The first-order valence-electron chi connectivity index (χ1n) is 5.45. The van der Waals surface area contributed by atoms with E-state index in [2.05, 4.69) is 10.3 Å². The van der Waals surface area contributed by atoms with Gasteiger partial charge in [-0.05, 0) is 5.56 Å². The molecule has 1 N–H and O–H groups in total. The summed E-state index contributed by atoms with van der Waals surface area (Å²) < 4.78 is 0. The van der Waals surface area contributed by atoms with Crippen molar-refractivity contribution in [2.45, 2.75) is 13.3 Å². The first kappa shape index (κ1) is 12.4. The fraction of sp³-hybridized carbons (Fsp3) is 0.154. The van der Waals surface area contributed by atoms with Gasteiger partial charge in [0.05, 0.1) is 0 Å². The molecule has 0 aliphatic heterocycles. The van der Waals surface area contributed by atoms with Gasteiger partial charge in [-0.25, -0.2) is 4.98 Å². The van der Waals surface area contributed by atoms with E-state index in [4.69, 9.17) is 0 Å². The molecule has 0 saturated carbocycles. The largest absolute Gasteiger partial charge is 0.302 e. The summed E-state index contributed by atoms with van der Waals surface area (Å²) in [5, 5.41) is 3.06. The molecule has 0 aliphatic carbocycles. The summed E-state index contributed by atoms with van der Waals surface area (Å²) in [7, 11) is 0. The Morgan fingerprint density at radius 3 is 2.72 bits per heavy atom. The molecule has 1 aromatic heterocycles. The summed E-state index contributed by atoms with van der Waals surface area (Å²) in [4.78, 5) is 26.8. The standard InChI is InChI=1S/C13H12N2O2S/c1-9(17)14-13-15-11(8-16)12(18-13)7-10-5-3-2-4-6-10/h2-6,8H,7H2,1H3,(H,14,15,17). The second-order valence-electron chi connectivity index (χ2n) is 3.79. The van der Waals surface area contributed by atoms with Crippen LogP contribution in [0.1, 0.15) is 27.9 Å². The van der Waals surface area contributed by atoms with Gasteiger partial charge in [0, 0.05) is 18.2 Å². The SMILES string of the molecule is CC(=O)Nc1nc(C=O)c(Cc2ccccc2)s1. The van der Waals surface area contributed by atoms with Gasteiger partial charge in [-0.15, -0.1) is 11.3 Å². The number of hydrogen-bond donors (Lipinski definition) is 1. The van der Waals surface area contributed by atoms with Gasteiger partial charge < -0.3 is 5.32 Å². The molecule has 1 heterocycles. The van der Waals surface area contributed by atoms with Crippen molar-refractivity contribution in [3.63, 3.8) is 0 Å². The monoisotopic (exact) mass is 260 g/mol. The number of carbonyl (C=O) groups is 2. The van der Waals surface area contributed by atoms with Crippen molar-refractivity contribution in [3.8, 4) is 0 Å². The Morgan fingerprint density at radius 1 is 1.39 bits per heavy atom. The van der Waals surface area contributed by atoms with Crippen LogP contribution < -0.4 is 5.32 Å². The van der Waals surface area contributed by atoms with Crippen molar-refractivity contribution >= 4 is 28.7 Å². The summed E-state index contributed by atoms with van der Waals surface area (Å²) in [5.74, 6) is -0.188. The Labute approximate surface area is 109 Å². The molecule has 4 nitrogen and oxygen atoms in total. The third-order valence-corrected chi connectivity index (χ3v) is 3.32. The Kier molecular flexibility index (Phi) is 3.84. The molecule has 92 valence electrons. The van der Waals surface area contributed by atoms with Crippen LogP contribution in [0.3, 0.4) is 0 Å². The molecular weight excluding hydrogens is 248 g/mol. The number of aldehydes is 1. The van der Waals surface area contributed by atoms with Gasteiger partial charge in [-0.3, -0.25) is 9.59 Å². The van der Waals surface area contributed by atoms with Gasteiger partial charge in [0.1, 0.15) is 5.69 Å². The third kappa shape index (κ3) is 3.01. The van der Waals surface area contributed by atoms with Crippen molar-refractivity contribution < 1.29 is 9.59 Å². The van der Waals surface area contributed by atoms with Crippen LogP contribution >= 0.6 is 11.3 Å². The molecule has 0 atom stereocenters. The summed E-state index contributed by atoms with van der Waals surface area (Å²) in [6.07, 6.45) is 1.37. The topological polar surface area (TPSA) is 59.1 Å². The lowest BCUT2D eigenvalue weighted by atomic mass is 10.1. The van der Waals surface area contributed by atoms with E-state index in [1.807, 2.05) is 30.3 Å². The van der Waals surface area contributed by atoms with Crippen molar-refractivity contribution in [3.05, 3.63) is 46.5 Å². The van der Waals surface area contributed by atoms with E-state index in [0.29, 0.717) is 17.2 Å². The fourth-order valence-electron chi connectivity index (χ4n) is 1.57. The average molecular weight is 260 g/mol. The smallest absolute Gasteiger partial charge is 0.223 e. The van der Waals surface area contributed by atoms with E-state index in [1.54, 1.807) is 0 Å². The Hall–Kier alpha value is -2.01. The summed E-state index contributed by atoms with van der Waals surface area (Å²) in [6.45, 7) is 1.42. The molecule has 0 unspecified atom stereocenters.